The van der Waals surface area contributed by atoms with Crippen molar-refractivity contribution in [2.75, 3.05) is 6.61 Å². The van der Waals surface area contributed by atoms with Crippen LogP contribution in [0.5, 0.6) is 0 Å². The second kappa shape index (κ2) is 10.0. The number of furan rings is 1. The van der Waals surface area contributed by atoms with Gasteiger partial charge < -0.3 is 13.9 Å². The quantitative estimate of drug-likeness (QED) is 0.364. The smallest absolute Gasteiger partial charge is 0.412 e. The first-order chi connectivity index (χ1) is 17.1. The van der Waals surface area contributed by atoms with Gasteiger partial charge in [-0.2, -0.15) is 0 Å². The first-order valence-electron chi connectivity index (χ1n) is 13.6. The van der Waals surface area contributed by atoms with Crippen LogP contribution in [-0.2, 0) is 14.9 Å². The van der Waals surface area contributed by atoms with Crippen molar-refractivity contribution in [2.45, 2.75) is 117 Å². The third-order valence-electron chi connectivity index (χ3n) is 7.23. The lowest BCUT2D eigenvalue weighted by molar-refractivity contribution is -0.0648. The van der Waals surface area contributed by atoms with E-state index in [9.17, 15) is 9.59 Å². The molecular weight excluding hydrogens is 470 g/mol. The Hall–Kier alpha value is -2.48. The molecule has 1 saturated carbocycles. The molecule has 37 heavy (non-hydrogen) atoms. The molecule has 4 rings (SSSR count). The first kappa shape index (κ1) is 27.6. The summed E-state index contributed by atoms with van der Waals surface area (Å²) in [6.07, 6.45) is 6.61. The topological polar surface area (TPSA) is 94.8 Å². The maximum absolute atomic E-state index is 13.2. The number of aromatic nitrogens is 2. The number of rotatable bonds is 8. The Morgan fingerprint density at radius 2 is 1.89 bits per heavy atom. The third kappa shape index (κ3) is 6.70. The average molecular weight is 514 g/mol. The summed E-state index contributed by atoms with van der Waals surface area (Å²) in [5.74, 6) is 1.71. The Morgan fingerprint density at radius 3 is 2.51 bits per heavy atom. The van der Waals surface area contributed by atoms with Gasteiger partial charge in [0.1, 0.15) is 28.3 Å². The monoisotopic (exact) mass is 513 g/mol. The highest BCUT2D eigenvalue weighted by Gasteiger charge is 2.49. The number of carbonyl (C=O) groups excluding carboxylic acids is 2. The third-order valence-corrected chi connectivity index (χ3v) is 7.23. The van der Waals surface area contributed by atoms with Crippen molar-refractivity contribution >= 4 is 23.1 Å². The molecule has 204 valence electrons. The Labute approximate surface area is 220 Å². The summed E-state index contributed by atoms with van der Waals surface area (Å²) in [6.45, 7) is 16.2. The van der Waals surface area contributed by atoms with Crippen LogP contribution in [0.4, 0.5) is 4.79 Å². The van der Waals surface area contributed by atoms with E-state index in [0.29, 0.717) is 42.3 Å². The van der Waals surface area contributed by atoms with Crippen molar-refractivity contribution in [3.8, 4) is 0 Å². The number of Topliss-reactive ketones (excluding diaryl/α,β-unsaturated/α-hetero) is 1. The van der Waals surface area contributed by atoms with Gasteiger partial charge in [-0.25, -0.2) is 14.8 Å². The fourth-order valence-corrected chi connectivity index (χ4v) is 5.07. The number of ether oxygens (including phenoxy) is 2. The van der Waals surface area contributed by atoms with E-state index in [1.165, 1.54) is 19.0 Å². The van der Waals surface area contributed by atoms with Gasteiger partial charge >= 0.3 is 6.09 Å². The number of hydrogen-bond acceptors (Lipinski definition) is 7. The highest BCUT2D eigenvalue weighted by molar-refractivity contribution is 5.95. The lowest BCUT2D eigenvalue weighted by Crippen LogP contribution is -2.52. The standard InChI is InChI=1S/C29H43N3O5/c1-27(2,3)24-15-20-25(36-24)30-16-21(31-20)23(33)11-9-10-19(14-18-12-13-18)22-17-35-29(7,8)32(22)26(34)37-28(4,5)6/h15-16,18-19,22H,9-14,17H2,1-8H3/t19-,22-/m0/s1. The minimum atomic E-state index is -0.730. The molecule has 0 unspecified atom stereocenters. The second-order valence-corrected chi connectivity index (χ2v) is 13.2. The van der Waals surface area contributed by atoms with Gasteiger partial charge in [0.2, 0.25) is 5.71 Å². The summed E-state index contributed by atoms with van der Waals surface area (Å²) in [7, 11) is 0. The Morgan fingerprint density at radius 1 is 1.19 bits per heavy atom. The second-order valence-electron chi connectivity index (χ2n) is 13.2. The number of carbonyl (C=O) groups is 2. The Balaban J connectivity index is 1.43. The zero-order valence-corrected chi connectivity index (χ0v) is 23.7. The van der Waals surface area contributed by atoms with Crippen LogP contribution in [-0.4, -0.2) is 50.7 Å². The molecule has 8 heteroatoms. The summed E-state index contributed by atoms with van der Waals surface area (Å²) in [5.41, 5.74) is -0.0317. The highest BCUT2D eigenvalue weighted by Crippen LogP contribution is 2.42. The molecule has 2 aliphatic rings. The minimum Gasteiger partial charge on any atom is -0.444 e. The Bertz CT molecular complexity index is 1140. The highest BCUT2D eigenvalue weighted by atomic mass is 16.6. The normalized spacial score (nSPS) is 20.9. The molecule has 0 spiro atoms. The molecule has 2 atom stereocenters. The van der Waals surface area contributed by atoms with Crippen molar-refractivity contribution in [1.29, 1.82) is 0 Å². The molecule has 8 nitrogen and oxygen atoms in total. The van der Waals surface area contributed by atoms with Crippen LogP contribution in [0.25, 0.3) is 11.2 Å². The van der Waals surface area contributed by atoms with Gasteiger partial charge in [-0.05, 0) is 65.7 Å². The minimum absolute atomic E-state index is 0.0231. The van der Waals surface area contributed by atoms with E-state index in [-0.39, 0.29) is 29.3 Å². The summed E-state index contributed by atoms with van der Waals surface area (Å²) in [4.78, 5) is 36.9. The van der Waals surface area contributed by atoms with Crippen LogP contribution in [0, 0.1) is 11.8 Å². The molecule has 1 amide bonds. The largest absolute Gasteiger partial charge is 0.444 e. The number of nitrogens with zero attached hydrogens (tertiary/aromatic N) is 3. The first-order valence-corrected chi connectivity index (χ1v) is 13.6. The average Bonchev–Trinajstić information content (AvgIpc) is 3.36. The van der Waals surface area contributed by atoms with Crippen LogP contribution in [0.15, 0.2) is 16.7 Å². The molecule has 3 heterocycles. The van der Waals surface area contributed by atoms with Gasteiger partial charge in [-0.3, -0.25) is 9.69 Å². The maximum atomic E-state index is 13.2. The molecule has 2 aromatic heterocycles. The van der Waals surface area contributed by atoms with Gasteiger partial charge in [0, 0.05) is 17.9 Å². The molecule has 0 aromatic carbocycles. The predicted octanol–water partition coefficient (Wildman–Crippen LogP) is 6.66. The maximum Gasteiger partial charge on any atom is 0.412 e. The zero-order valence-electron chi connectivity index (χ0n) is 23.7. The van der Waals surface area contributed by atoms with E-state index < -0.39 is 11.3 Å². The lowest BCUT2D eigenvalue weighted by Gasteiger charge is -2.38. The zero-order chi connectivity index (χ0) is 27.2. The predicted molar refractivity (Wildman–Crippen MR) is 141 cm³/mol. The number of hydrogen-bond donors (Lipinski definition) is 0. The van der Waals surface area contributed by atoms with Crippen LogP contribution >= 0.6 is 0 Å². The van der Waals surface area contributed by atoms with Gasteiger partial charge in [0.05, 0.1) is 18.8 Å². The van der Waals surface area contributed by atoms with Gasteiger partial charge in [-0.1, -0.05) is 33.6 Å². The van der Waals surface area contributed by atoms with Gasteiger partial charge in [-0.15, -0.1) is 0 Å². The van der Waals surface area contributed by atoms with Crippen LogP contribution in [0.1, 0.15) is 110 Å². The molecule has 2 fully saturated rings. The van der Waals surface area contributed by atoms with Crippen molar-refractivity contribution in [3.05, 3.63) is 23.7 Å². The van der Waals surface area contributed by atoms with Crippen LogP contribution in [0.2, 0.25) is 0 Å². The fraction of sp³-hybridized carbons (Fsp3) is 0.724. The van der Waals surface area contributed by atoms with Crippen molar-refractivity contribution in [2.24, 2.45) is 11.8 Å². The van der Waals surface area contributed by atoms with E-state index in [1.807, 2.05) is 40.7 Å². The van der Waals surface area contributed by atoms with E-state index in [1.54, 1.807) is 4.90 Å². The van der Waals surface area contributed by atoms with E-state index in [2.05, 4.69) is 30.7 Å². The molecule has 1 aliphatic carbocycles. The summed E-state index contributed by atoms with van der Waals surface area (Å²) < 4.78 is 17.6. The van der Waals surface area contributed by atoms with Crippen molar-refractivity contribution < 1.29 is 23.5 Å². The lowest BCUT2D eigenvalue weighted by atomic mass is 9.87. The molecular formula is C29H43N3O5. The molecule has 2 aromatic rings. The van der Waals surface area contributed by atoms with E-state index in [4.69, 9.17) is 13.9 Å². The Kier molecular flexibility index (Phi) is 7.45. The summed E-state index contributed by atoms with van der Waals surface area (Å²) in [5, 5.41) is 0. The summed E-state index contributed by atoms with van der Waals surface area (Å²) in [6, 6.07) is 1.80. The van der Waals surface area contributed by atoms with Gasteiger partial charge in [0.25, 0.3) is 0 Å². The van der Waals surface area contributed by atoms with E-state index in [0.717, 1.165) is 18.6 Å². The molecule has 1 saturated heterocycles. The molecule has 1 aliphatic heterocycles. The number of ketones is 1. The number of amides is 1. The molecule has 0 N–H and O–H groups in total. The van der Waals surface area contributed by atoms with Crippen molar-refractivity contribution in [1.82, 2.24) is 14.9 Å². The fourth-order valence-electron chi connectivity index (χ4n) is 5.07. The van der Waals surface area contributed by atoms with Gasteiger partial charge in [0.15, 0.2) is 5.78 Å². The molecule has 0 bridgehead atoms. The molecule has 0 radical (unpaired) electrons. The van der Waals surface area contributed by atoms with Crippen LogP contribution < -0.4 is 0 Å². The summed E-state index contributed by atoms with van der Waals surface area (Å²) >= 11 is 0. The van der Waals surface area contributed by atoms with Crippen molar-refractivity contribution in [3.63, 3.8) is 0 Å². The number of fused-ring (bicyclic) bond motifs is 1. The SMILES string of the molecule is CC(C)(C)OC(=O)N1[C@H]([C@@H](CCCC(=O)c2cnc3oc(C(C)(C)C)cc3n2)CC2CC2)COC1(C)C. The van der Waals surface area contributed by atoms with Crippen LogP contribution in [0.3, 0.4) is 0 Å². The van der Waals surface area contributed by atoms with E-state index >= 15 is 0 Å².